The van der Waals surface area contributed by atoms with Crippen molar-refractivity contribution in [3.8, 4) is 0 Å². The summed E-state index contributed by atoms with van der Waals surface area (Å²) in [5.74, 6) is 0.537. The minimum Gasteiger partial charge on any atom is -0.353 e. The van der Waals surface area contributed by atoms with Crippen molar-refractivity contribution < 1.29 is 4.79 Å². The maximum atomic E-state index is 12.2. The van der Waals surface area contributed by atoms with Crippen molar-refractivity contribution in [1.82, 2.24) is 19.8 Å². The number of fused-ring (bicyclic) bond motifs is 1. The molecule has 0 atom stereocenters. The minimum absolute atomic E-state index is 0.110. The van der Waals surface area contributed by atoms with Crippen LogP contribution in [0.3, 0.4) is 0 Å². The van der Waals surface area contributed by atoms with E-state index in [0.29, 0.717) is 11.8 Å². The Morgan fingerprint density at radius 1 is 1.35 bits per heavy atom. The molecule has 0 spiro atoms. The van der Waals surface area contributed by atoms with E-state index in [1.54, 1.807) is 0 Å². The Morgan fingerprint density at radius 3 is 2.83 bits per heavy atom. The number of hydrogen-bond acceptors (Lipinski definition) is 4. The first kappa shape index (κ1) is 16.3. The number of nitrogens with one attached hydrogen (secondary N) is 1. The van der Waals surface area contributed by atoms with Gasteiger partial charge < -0.3 is 14.8 Å². The molecule has 1 N–H and O–H groups in total. The molecular weight excluding hydrogens is 308 g/mol. The van der Waals surface area contributed by atoms with Gasteiger partial charge in [0.05, 0.1) is 16.8 Å². The number of likely N-dealkylation sites (tertiary alicyclic amines) is 1. The first-order valence-corrected chi connectivity index (χ1v) is 9.22. The van der Waals surface area contributed by atoms with E-state index >= 15 is 0 Å². The number of thioether (sulfide) groups is 1. The topological polar surface area (TPSA) is 50.2 Å². The summed E-state index contributed by atoms with van der Waals surface area (Å²) in [5.41, 5.74) is 2.13. The molecule has 0 radical (unpaired) electrons. The molecule has 1 aromatic heterocycles. The van der Waals surface area contributed by atoms with Crippen molar-refractivity contribution >= 4 is 28.7 Å². The number of rotatable bonds is 5. The van der Waals surface area contributed by atoms with Crippen LogP contribution in [0.25, 0.3) is 11.0 Å². The fourth-order valence-corrected chi connectivity index (χ4v) is 3.91. The quantitative estimate of drug-likeness (QED) is 0.854. The Hall–Kier alpha value is -1.53. The summed E-state index contributed by atoms with van der Waals surface area (Å²) in [6, 6.07) is 8.44. The third kappa shape index (κ3) is 3.87. The number of piperidine rings is 1. The molecule has 3 rings (SSSR count). The third-order valence-corrected chi connectivity index (χ3v) is 5.33. The normalized spacial score (nSPS) is 16.8. The molecule has 1 amide bonds. The molecule has 2 heterocycles. The van der Waals surface area contributed by atoms with Gasteiger partial charge in [-0.2, -0.15) is 0 Å². The second-order valence-corrected chi connectivity index (χ2v) is 7.00. The number of carbonyl (C=O) groups is 1. The summed E-state index contributed by atoms with van der Waals surface area (Å²) in [6.07, 6.45) is 2.08. The molecular formula is C17H24N4OS. The van der Waals surface area contributed by atoms with Crippen molar-refractivity contribution in [2.75, 3.05) is 25.9 Å². The van der Waals surface area contributed by atoms with Crippen molar-refractivity contribution in [1.29, 1.82) is 0 Å². The Kier molecular flexibility index (Phi) is 5.23. The monoisotopic (exact) mass is 332 g/mol. The van der Waals surface area contributed by atoms with E-state index in [2.05, 4.69) is 39.8 Å². The second-order valence-electron chi connectivity index (χ2n) is 6.06. The van der Waals surface area contributed by atoms with Gasteiger partial charge >= 0.3 is 0 Å². The maximum Gasteiger partial charge on any atom is 0.230 e. The Morgan fingerprint density at radius 2 is 2.09 bits per heavy atom. The minimum atomic E-state index is 0.110. The van der Waals surface area contributed by atoms with E-state index in [1.165, 1.54) is 11.8 Å². The molecule has 23 heavy (non-hydrogen) atoms. The fraction of sp³-hybridized carbons (Fsp3) is 0.529. The van der Waals surface area contributed by atoms with E-state index in [0.717, 1.165) is 48.7 Å². The Balaban J connectivity index is 1.58. The molecule has 0 aliphatic carbocycles. The second kappa shape index (κ2) is 7.36. The summed E-state index contributed by atoms with van der Waals surface area (Å²) in [4.78, 5) is 19.2. The van der Waals surface area contributed by atoms with Crippen LogP contribution < -0.4 is 5.32 Å². The van der Waals surface area contributed by atoms with Crippen LogP contribution in [0.5, 0.6) is 0 Å². The lowest BCUT2D eigenvalue weighted by molar-refractivity contribution is -0.119. The van der Waals surface area contributed by atoms with Gasteiger partial charge in [-0.1, -0.05) is 23.9 Å². The molecule has 1 fully saturated rings. The van der Waals surface area contributed by atoms with E-state index in [4.69, 9.17) is 0 Å². The van der Waals surface area contributed by atoms with Gasteiger partial charge in [0.25, 0.3) is 0 Å². The molecule has 2 aromatic rings. The summed E-state index contributed by atoms with van der Waals surface area (Å²) < 4.78 is 2.17. The van der Waals surface area contributed by atoms with Gasteiger partial charge in [0, 0.05) is 12.6 Å². The third-order valence-electron chi connectivity index (χ3n) is 4.35. The molecule has 1 saturated heterocycles. The number of para-hydroxylation sites is 2. The first-order chi connectivity index (χ1) is 11.2. The average molecular weight is 332 g/mol. The van der Waals surface area contributed by atoms with E-state index < -0.39 is 0 Å². The SMILES string of the molecule is CCn1c(SCC(=O)NC2CCN(C)CC2)nc2ccccc21. The van der Waals surface area contributed by atoms with Gasteiger partial charge in [0.1, 0.15) is 0 Å². The molecule has 1 aromatic carbocycles. The number of carbonyl (C=O) groups excluding carboxylic acids is 1. The predicted octanol–water partition coefficient (Wildman–Crippen LogP) is 2.36. The zero-order valence-corrected chi connectivity index (χ0v) is 14.6. The van der Waals surface area contributed by atoms with Crippen LogP contribution in [0.2, 0.25) is 0 Å². The Bertz CT molecular complexity index is 676. The van der Waals surface area contributed by atoms with E-state index in [9.17, 15) is 4.79 Å². The number of nitrogens with zero attached hydrogens (tertiary/aromatic N) is 3. The van der Waals surface area contributed by atoms with Crippen LogP contribution >= 0.6 is 11.8 Å². The van der Waals surface area contributed by atoms with Gasteiger partial charge in [-0.15, -0.1) is 0 Å². The molecule has 0 saturated carbocycles. The van der Waals surface area contributed by atoms with Crippen LogP contribution in [0, 0.1) is 0 Å². The van der Waals surface area contributed by atoms with Crippen LogP contribution in [0.15, 0.2) is 29.4 Å². The highest BCUT2D eigenvalue weighted by Crippen LogP contribution is 2.23. The number of benzene rings is 1. The fourth-order valence-electron chi connectivity index (χ4n) is 3.02. The lowest BCUT2D eigenvalue weighted by atomic mass is 10.1. The van der Waals surface area contributed by atoms with Gasteiger partial charge in [-0.05, 0) is 52.0 Å². The molecule has 6 heteroatoms. The highest BCUT2D eigenvalue weighted by molar-refractivity contribution is 7.99. The molecule has 1 aliphatic heterocycles. The largest absolute Gasteiger partial charge is 0.353 e. The van der Waals surface area contributed by atoms with Gasteiger partial charge in [0.15, 0.2) is 5.16 Å². The number of aryl methyl sites for hydroxylation is 1. The standard InChI is InChI=1S/C17H24N4OS/c1-3-21-15-7-5-4-6-14(15)19-17(21)23-12-16(22)18-13-8-10-20(2)11-9-13/h4-7,13H,3,8-12H2,1-2H3,(H,18,22). The highest BCUT2D eigenvalue weighted by atomic mass is 32.2. The molecule has 0 bridgehead atoms. The van der Waals surface area contributed by atoms with Gasteiger partial charge in [-0.3, -0.25) is 4.79 Å². The van der Waals surface area contributed by atoms with E-state index in [1.807, 2.05) is 18.2 Å². The average Bonchev–Trinajstić information content (AvgIpc) is 2.92. The zero-order chi connectivity index (χ0) is 16.2. The molecule has 124 valence electrons. The van der Waals surface area contributed by atoms with Crippen molar-refractivity contribution in [3.05, 3.63) is 24.3 Å². The maximum absolute atomic E-state index is 12.2. The first-order valence-electron chi connectivity index (χ1n) is 8.23. The van der Waals surface area contributed by atoms with Gasteiger partial charge in [-0.25, -0.2) is 4.98 Å². The summed E-state index contributed by atoms with van der Waals surface area (Å²) >= 11 is 1.52. The summed E-state index contributed by atoms with van der Waals surface area (Å²) in [6.45, 7) is 5.09. The lowest BCUT2D eigenvalue weighted by Crippen LogP contribution is -2.43. The number of imidazole rings is 1. The van der Waals surface area contributed by atoms with Crippen molar-refractivity contribution in [2.24, 2.45) is 0 Å². The number of aromatic nitrogens is 2. The molecule has 0 unspecified atom stereocenters. The number of amides is 1. The highest BCUT2D eigenvalue weighted by Gasteiger charge is 2.19. The van der Waals surface area contributed by atoms with Crippen LogP contribution in [0.4, 0.5) is 0 Å². The Labute approximate surface area is 141 Å². The van der Waals surface area contributed by atoms with Crippen LogP contribution in [0.1, 0.15) is 19.8 Å². The smallest absolute Gasteiger partial charge is 0.230 e. The van der Waals surface area contributed by atoms with Crippen molar-refractivity contribution in [3.63, 3.8) is 0 Å². The van der Waals surface area contributed by atoms with Crippen LogP contribution in [-0.2, 0) is 11.3 Å². The summed E-state index contributed by atoms with van der Waals surface area (Å²) in [5, 5.41) is 4.08. The van der Waals surface area contributed by atoms with E-state index in [-0.39, 0.29) is 5.91 Å². The van der Waals surface area contributed by atoms with Crippen LogP contribution in [-0.4, -0.2) is 52.3 Å². The molecule has 1 aliphatic rings. The van der Waals surface area contributed by atoms with Crippen molar-refractivity contribution in [2.45, 2.75) is 37.5 Å². The number of hydrogen-bond donors (Lipinski definition) is 1. The van der Waals surface area contributed by atoms with Gasteiger partial charge in [0.2, 0.25) is 5.91 Å². The lowest BCUT2D eigenvalue weighted by Gasteiger charge is -2.29. The molecule has 5 nitrogen and oxygen atoms in total. The summed E-state index contributed by atoms with van der Waals surface area (Å²) in [7, 11) is 2.13. The predicted molar refractivity (Wildman–Crippen MR) is 94.8 cm³/mol. The zero-order valence-electron chi connectivity index (χ0n) is 13.8.